The van der Waals surface area contributed by atoms with E-state index in [0.29, 0.717) is 23.8 Å². The number of benzene rings is 1. The number of hydrogen-bond acceptors (Lipinski definition) is 2. The lowest BCUT2D eigenvalue weighted by Crippen LogP contribution is -2.35. The van der Waals surface area contributed by atoms with Crippen molar-refractivity contribution in [3.05, 3.63) is 29.3 Å². The van der Waals surface area contributed by atoms with Gasteiger partial charge in [-0.1, -0.05) is 11.6 Å². The highest BCUT2D eigenvalue weighted by molar-refractivity contribution is 6.30. The Morgan fingerprint density at radius 3 is 2.60 bits per heavy atom. The van der Waals surface area contributed by atoms with Crippen molar-refractivity contribution in [1.82, 2.24) is 4.90 Å². The van der Waals surface area contributed by atoms with Gasteiger partial charge in [-0.3, -0.25) is 0 Å². The van der Waals surface area contributed by atoms with E-state index in [1.165, 1.54) is 4.90 Å². The van der Waals surface area contributed by atoms with Crippen LogP contribution in [0.2, 0.25) is 5.02 Å². The van der Waals surface area contributed by atoms with Gasteiger partial charge in [0, 0.05) is 30.8 Å². The van der Waals surface area contributed by atoms with Gasteiger partial charge in [0.2, 0.25) is 0 Å². The summed E-state index contributed by atoms with van der Waals surface area (Å²) in [5.74, 6) is 0. The van der Waals surface area contributed by atoms with Gasteiger partial charge in [0.1, 0.15) is 0 Å². The summed E-state index contributed by atoms with van der Waals surface area (Å²) >= 11 is 5.72. The number of nitrogens with two attached hydrogens (primary N) is 1. The van der Waals surface area contributed by atoms with Crippen LogP contribution >= 0.6 is 11.6 Å². The van der Waals surface area contributed by atoms with E-state index >= 15 is 0 Å². The van der Waals surface area contributed by atoms with Crippen LogP contribution < -0.4 is 11.1 Å². The van der Waals surface area contributed by atoms with Crippen molar-refractivity contribution in [3.63, 3.8) is 0 Å². The third kappa shape index (κ3) is 3.77. The maximum Gasteiger partial charge on any atom is 0.321 e. The van der Waals surface area contributed by atoms with Gasteiger partial charge >= 0.3 is 6.03 Å². The molecule has 0 atom stereocenters. The Balaban J connectivity index is 2.54. The van der Waals surface area contributed by atoms with Crippen molar-refractivity contribution in [2.24, 2.45) is 5.73 Å². The Bertz CT molecular complexity index is 326. The van der Waals surface area contributed by atoms with Crippen molar-refractivity contribution >= 4 is 23.3 Å². The minimum atomic E-state index is -0.178. The van der Waals surface area contributed by atoms with E-state index in [2.05, 4.69) is 5.32 Å². The molecule has 15 heavy (non-hydrogen) atoms. The summed E-state index contributed by atoms with van der Waals surface area (Å²) in [7, 11) is 1.69. The van der Waals surface area contributed by atoms with E-state index in [4.69, 9.17) is 17.3 Å². The first-order valence-corrected chi connectivity index (χ1v) is 4.99. The first-order valence-electron chi connectivity index (χ1n) is 4.61. The highest BCUT2D eigenvalue weighted by Crippen LogP contribution is 2.13. The van der Waals surface area contributed by atoms with Crippen molar-refractivity contribution in [1.29, 1.82) is 0 Å². The van der Waals surface area contributed by atoms with E-state index in [-0.39, 0.29) is 6.03 Å². The number of urea groups is 1. The first kappa shape index (κ1) is 11.8. The van der Waals surface area contributed by atoms with Crippen molar-refractivity contribution in [3.8, 4) is 0 Å². The smallest absolute Gasteiger partial charge is 0.321 e. The summed E-state index contributed by atoms with van der Waals surface area (Å²) < 4.78 is 0. The second kappa shape index (κ2) is 5.58. The molecule has 0 aliphatic carbocycles. The summed E-state index contributed by atoms with van der Waals surface area (Å²) in [5.41, 5.74) is 6.06. The molecule has 1 rings (SSSR count). The minimum absolute atomic E-state index is 0.178. The summed E-state index contributed by atoms with van der Waals surface area (Å²) in [6.45, 7) is 0.976. The Labute approximate surface area is 94.0 Å². The summed E-state index contributed by atoms with van der Waals surface area (Å²) in [6, 6.07) is 6.76. The topological polar surface area (TPSA) is 58.4 Å². The molecule has 0 saturated heterocycles. The fourth-order valence-electron chi connectivity index (χ4n) is 1.05. The standard InChI is InChI=1S/C10H14ClN3O/c1-14(7-6-12)10(15)13-9-4-2-8(11)3-5-9/h2-5H,6-7,12H2,1H3,(H,13,15). The van der Waals surface area contributed by atoms with E-state index < -0.39 is 0 Å². The average molecular weight is 228 g/mol. The van der Waals surface area contributed by atoms with Gasteiger partial charge in [0.15, 0.2) is 0 Å². The summed E-state index contributed by atoms with van der Waals surface area (Å²) in [5, 5.41) is 3.37. The van der Waals surface area contributed by atoms with Crippen LogP contribution in [0.15, 0.2) is 24.3 Å². The van der Waals surface area contributed by atoms with Gasteiger partial charge in [-0.25, -0.2) is 4.79 Å². The molecule has 2 amide bonds. The van der Waals surface area contributed by atoms with E-state index in [9.17, 15) is 4.79 Å². The molecule has 0 aliphatic rings. The molecule has 0 heterocycles. The Morgan fingerprint density at radius 1 is 1.47 bits per heavy atom. The third-order valence-electron chi connectivity index (χ3n) is 1.91. The largest absolute Gasteiger partial charge is 0.329 e. The lowest BCUT2D eigenvalue weighted by atomic mass is 10.3. The molecule has 0 saturated carbocycles. The predicted octanol–water partition coefficient (Wildman–Crippen LogP) is 1.76. The molecule has 1 aromatic rings. The van der Waals surface area contributed by atoms with Crippen LogP contribution in [0.25, 0.3) is 0 Å². The molecule has 0 bridgehead atoms. The number of halogens is 1. The van der Waals surface area contributed by atoms with Gasteiger partial charge < -0.3 is 16.0 Å². The zero-order valence-electron chi connectivity index (χ0n) is 8.53. The van der Waals surface area contributed by atoms with E-state index in [0.717, 1.165) is 0 Å². The molecular weight excluding hydrogens is 214 g/mol. The van der Waals surface area contributed by atoms with Crippen LogP contribution in [0.4, 0.5) is 10.5 Å². The van der Waals surface area contributed by atoms with Crippen LogP contribution in [-0.4, -0.2) is 31.1 Å². The molecule has 0 aromatic heterocycles. The quantitative estimate of drug-likeness (QED) is 0.827. The molecule has 0 fully saturated rings. The lowest BCUT2D eigenvalue weighted by Gasteiger charge is -2.16. The Kier molecular flexibility index (Phi) is 4.39. The van der Waals surface area contributed by atoms with Gasteiger partial charge in [-0.2, -0.15) is 0 Å². The number of carbonyl (C=O) groups is 1. The van der Waals surface area contributed by atoms with Crippen molar-refractivity contribution in [2.75, 3.05) is 25.5 Å². The highest BCUT2D eigenvalue weighted by Gasteiger charge is 2.06. The third-order valence-corrected chi connectivity index (χ3v) is 2.16. The molecule has 82 valence electrons. The number of anilines is 1. The molecule has 0 spiro atoms. The number of carbonyl (C=O) groups excluding carboxylic acids is 1. The van der Waals surface area contributed by atoms with Crippen LogP contribution in [0.1, 0.15) is 0 Å². The van der Waals surface area contributed by atoms with Crippen molar-refractivity contribution < 1.29 is 4.79 Å². The fraction of sp³-hybridized carbons (Fsp3) is 0.300. The molecule has 4 nitrogen and oxygen atoms in total. The number of nitrogens with one attached hydrogen (secondary N) is 1. The fourth-order valence-corrected chi connectivity index (χ4v) is 1.17. The highest BCUT2D eigenvalue weighted by atomic mass is 35.5. The van der Waals surface area contributed by atoms with Gasteiger partial charge in [0.05, 0.1) is 0 Å². The SMILES string of the molecule is CN(CCN)C(=O)Nc1ccc(Cl)cc1. The van der Waals surface area contributed by atoms with Crippen LogP contribution in [0, 0.1) is 0 Å². The number of likely N-dealkylation sites (N-methyl/N-ethyl adjacent to an activating group) is 1. The second-order valence-corrected chi connectivity index (χ2v) is 3.58. The van der Waals surface area contributed by atoms with Crippen LogP contribution in [0.5, 0.6) is 0 Å². The second-order valence-electron chi connectivity index (χ2n) is 3.15. The maximum atomic E-state index is 11.5. The number of amides is 2. The normalized spacial score (nSPS) is 9.80. The average Bonchev–Trinajstić information content (AvgIpc) is 2.22. The maximum absolute atomic E-state index is 11.5. The molecule has 1 aromatic carbocycles. The number of rotatable bonds is 3. The Hall–Kier alpha value is -1.26. The Morgan fingerprint density at radius 2 is 2.07 bits per heavy atom. The van der Waals surface area contributed by atoms with E-state index in [1.807, 2.05) is 0 Å². The first-order chi connectivity index (χ1) is 7.13. The summed E-state index contributed by atoms with van der Waals surface area (Å²) in [6.07, 6.45) is 0. The van der Waals surface area contributed by atoms with Crippen molar-refractivity contribution in [2.45, 2.75) is 0 Å². The number of hydrogen-bond donors (Lipinski definition) is 2. The van der Waals surface area contributed by atoms with Gasteiger partial charge in [0.25, 0.3) is 0 Å². The molecule has 0 unspecified atom stereocenters. The molecule has 0 aliphatic heterocycles. The predicted molar refractivity (Wildman–Crippen MR) is 62.2 cm³/mol. The molecule has 0 radical (unpaired) electrons. The van der Waals surface area contributed by atoms with E-state index in [1.54, 1.807) is 31.3 Å². The number of nitrogens with zero attached hydrogens (tertiary/aromatic N) is 1. The molecular formula is C10H14ClN3O. The minimum Gasteiger partial charge on any atom is -0.329 e. The van der Waals surface area contributed by atoms with Gasteiger partial charge in [-0.15, -0.1) is 0 Å². The zero-order valence-corrected chi connectivity index (χ0v) is 9.29. The monoisotopic (exact) mass is 227 g/mol. The lowest BCUT2D eigenvalue weighted by molar-refractivity contribution is 0.223. The van der Waals surface area contributed by atoms with Gasteiger partial charge in [-0.05, 0) is 24.3 Å². The summed E-state index contributed by atoms with van der Waals surface area (Å²) in [4.78, 5) is 13.0. The van der Waals surface area contributed by atoms with Crippen LogP contribution in [-0.2, 0) is 0 Å². The van der Waals surface area contributed by atoms with Crippen LogP contribution in [0.3, 0.4) is 0 Å². The molecule has 5 heteroatoms. The zero-order chi connectivity index (χ0) is 11.3. The molecule has 3 N–H and O–H groups in total.